The number of amides is 3. The van der Waals surface area contributed by atoms with E-state index in [2.05, 4.69) is 28.6 Å². The van der Waals surface area contributed by atoms with Crippen molar-refractivity contribution in [3.05, 3.63) is 0 Å². The van der Waals surface area contributed by atoms with Crippen molar-refractivity contribution in [2.24, 2.45) is 17.6 Å². The van der Waals surface area contributed by atoms with Gasteiger partial charge in [-0.25, -0.2) is 4.79 Å². The monoisotopic (exact) mass is 404 g/mol. The number of nitrogens with one attached hydrogen (secondary N) is 3. The first-order valence-corrected chi connectivity index (χ1v) is 9.64. The van der Waals surface area contributed by atoms with Crippen LogP contribution in [0.4, 0.5) is 0 Å². The summed E-state index contributed by atoms with van der Waals surface area (Å²) in [5, 5.41) is 16.7. The molecule has 0 aliphatic rings. The number of carbonyl (C=O) groups is 4. The van der Waals surface area contributed by atoms with E-state index >= 15 is 0 Å². The highest BCUT2D eigenvalue weighted by atomic mass is 32.1. The van der Waals surface area contributed by atoms with E-state index in [1.807, 2.05) is 20.8 Å². The fourth-order valence-corrected chi connectivity index (χ4v) is 2.60. The van der Waals surface area contributed by atoms with Crippen molar-refractivity contribution in [2.75, 3.05) is 12.3 Å². The Bertz CT molecular complexity index is 529. The Kier molecular flexibility index (Phi) is 11.7. The molecule has 0 saturated carbocycles. The summed E-state index contributed by atoms with van der Waals surface area (Å²) in [6, 6.07) is -2.93. The molecule has 4 unspecified atom stereocenters. The average Bonchev–Trinajstić information content (AvgIpc) is 2.61. The van der Waals surface area contributed by atoms with Crippen molar-refractivity contribution in [3.63, 3.8) is 0 Å². The number of thiol groups is 1. The minimum absolute atomic E-state index is 0.0704. The van der Waals surface area contributed by atoms with E-state index in [9.17, 15) is 19.2 Å². The minimum Gasteiger partial charge on any atom is -0.480 e. The molecule has 0 saturated heterocycles. The number of carboxylic acids is 1. The smallest absolute Gasteiger partial charge is 0.327 e. The SMILES string of the molecule is CCC(C)C(NC(=O)CN)C(=O)NC(CC(C)C)C(=O)NC(CS)C(=O)O. The Labute approximate surface area is 165 Å². The summed E-state index contributed by atoms with van der Waals surface area (Å²) >= 11 is 3.92. The summed E-state index contributed by atoms with van der Waals surface area (Å²) < 4.78 is 0. The van der Waals surface area contributed by atoms with Gasteiger partial charge in [0.1, 0.15) is 18.1 Å². The van der Waals surface area contributed by atoms with Crippen LogP contribution in [0.2, 0.25) is 0 Å². The van der Waals surface area contributed by atoms with Gasteiger partial charge in [0, 0.05) is 5.75 Å². The molecule has 0 aromatic carbocycles. The van der Waals surface area contributed by atoms with E-state index in [-0.39, 0.29) is 24.1 Å². The molecule has 156 valence electrons. The highest BCUT2D eigenvalue weighted by Gasteiger charge is 2.31. The number of hydrogen-bond acceptors (Lipinski definition) is 6. The Hall–Kier alpha value is -1.81. The average molecular weight is 405 g/mol. The molecule has 6 N–H and O–H groups in total. The summed E-state index contributed by atoms with van der Waals surface area (Å²) in [7, 11) is 0. The van der Waals surface area contributed by atoms with Gasteiger partial charge in [-0.15, -0.1) is 0 Å². The number of carboxylic acid groups (broad SMARTS) is 1. The van der Waals surface area contributed by atoms with Crippen LogP contribution in [0, 0.1) is 11.8 Å². The van der Waals surface area contributed by atoms with Crippen LogP contribution in [-0.4, -0.2) is 59.2 Å². The van der Waals surface area contributed by atoms with Crippen LogP contribution in [0.1, 0.15) is 40.5 Å². The van der Waals surface area contributed by atoms with Gasteiger partial charge in [0.15, 0.2) is 0 Å². The van der Waals surface area contributed by atoms with E-state index in [0.717, 1.165) is 0 Å². The predicted octanol–water partition coefficient (Wildman–Crippen LogP) is -0.494. The summed E-state index contributed by atoms with van der Waals surface area (Å²) in [6.07, 6.45) is 0.944. The van der Waals surface area contributed by atoms with Gasteiger partial charge in [0.25, 0.3) is 0 Å². The van der Waals surface area contributed by atoms with Gasteiger partial charge in [-0.2, -0.15) is 12.6 Å². The Morgan fingerprint density at radius 3 is 1.96 bits per heavy atom. The van der Waals surface area contributed by atoms with Crippen molar-refractivity contribution in [1.82, 2.24) is 16.0 Å². The molecular weight excluding hydrogens is 372 g/mol. The molecule has 27 heavy (non-hydrogen) atoms. The predicted molar refractivity (Wildman–Crippen MR) is 105 cm³/mol. The summed E-state index contributed by atoms with van der Waals surface area (Å²) in [5.41, 5.74) is 5.31. The van der Waals surface area contributed by atoms with Crippen LogP contribution in [0.15, 0.2) is 0 Å². The molecule has 0 fully saturated rings. The number of rotatable bonds is 12. The third-order valence-electron chi connectivity index (χ3n) is 4.13. The second kappa shape index (κ2) is 12.6. The minimum atomic E-state index is -1.21. The van der Waals surface area contributed by atoms with Gasteiger partial charge in [0.2, 0.25) is 17.7 Å². The van der Waals surface area contributed by atoms with Gasteiger partial charge >= 0.3 is 5.97 Å². The maximum Gasteiger partial charge on any atom is 0.327 e. The molecule has 0 aliphatic heterocycles. The zero-order valence-electron chi connectivity index (χ0n) is 16.3. The molecule has 0 radical (unpaired) electrons. The third kappa shape index (κ3) is 9.09. The molecule has 3 amide bonds. The van der Waals surface area contributed by atoms with Crippen molar-refractivity contribution in [2.45, 2.75) is 58.7 Å². The van der Waals surface area contributed by atoms with E-state index in [1.54, 1.807) is 6.92 Å². The van der Waals surface area contributed by atoms with Crippen molar-refractivity contribution in [3.8, 4) is 0 Å². The van der Waals surface area contributed by atoms with Gasteiger partial charge in [0.05, 0.1) is 6.54 Å². The molecule has 10 heteroatoms. The topological polar surface area (TPSA) is 151 Å². The quantitative estimate of drug-likeness (QED) is 0.242. The van der Waals surface area contributed by atoms with Crippen LogP contribution in [0.5, 0.6) is 0 Å². The molecule has 0 bridgehead atoms. The van der Waals surface area contributed by atoms with E-state index in [0.29, 0.717) is 12.8 Å². The fraction of sp³-hybridized carbons (Fsp3) is 0.765. The Morgan fingerprint density at radius 2 is 1.56 bits per heavy atom. The Morgan fingerprint density at radius 1 is 1.00 bits per heavy atom. The summed E-state index contributed by atoms with van der Waals surface area (Å²) in [6.45, 7) is 7.18. The molecule has 0 aromatic rings. The molecule has 0 rings (SSSR count). The summed E-state index contributed by atoms with van der Waals surface area (Å²) in [4.78, 5) is 47.9. The maximum atomic E-state index is 12.7. The lowest BCUT2D eigenvalue weighted by molar-refractivity contribution is -0.141. The maximum absolute atomic E-state index is 12.7. The van der Waals surface area contributed by atoms with Crippen LogP contribution < -0.4 is 21.7 Å². The number of nitrogens with two attached hydrogens (primary N) is 1. The fourth-order valence-electron chi connectivity index (χ4n) is 2.36. The van der Waals surface area contributed by atoms with Gasteiger partial charge in [-0.3, -0.25) is 14.4 Å². The van der Waals surface area contributed by atoms with E-state index < -0.39 is 41.8 Å². The molecule has 0 aliphatic carbocycles. The largest absolute Gasteiger partial charge is 0.480 e. The van der Waals surface area contributed by atoms with Crippen molar-refractivity contribution < 1.29 is 24.3 Å². The lowest BCUT2D eigenvalue weighted by Crippen LogP contribution is -2.58. The van der Waals surface area contributed by atoms with Crippen LogP contribution in [0.25, 0.3) is 0 Å². The third-order valence-corrected chi connectivity index (χ3v) is 4.50. The summed E-state index contributed by atoms with van der Waals surface area (Å²) in [5.74, 6) is -2.97. The van der Waals surface area contributed by atoms with Crippen LogP contribution in [0.3, 0.4) is 0 Å². The van der Waals surface area contributed by atoms with Crippen LogP contribution >= 0.6 is 12.6 Å². The molecule has 0 heterocycles. The highest BCUT2D eigenvalue weighted by Crippen LogP contribution is 2.11. The molecular formula is C17H32N4O5S. The molecule has 0 spiro atoms. The normalized spacial score (nSPS) is 15.4. The molecule has 9 nitrogen and oxygen atoms in total. The Balaban J connectivity index is 5.32. The second-order valence-corrected chi connectivity index (χ2v) is 7.27. The first-order chi connectivity index (χ1) is 12.6. The molecule has 4 atom stereocenters. The zero-order valence-corrected chi connectivity index (χ0v) is 17.2. The first kappa shape index (κ1) is 25.2. The van der Waals surface area contributed by atoms with Crippen LogP contribution in [-0.2, 0) is 19.2 Å². The zero-order chi connectivity index (χ0) is 21.1. The molecule has 0 aromatic heterocycles. The van der Waals surface area contributed by atoms with Gasteiger partial charge in [-0.05, 0) is 18.3 Å². The highest BCUT2D eigenvalue weighted by molar-refractivity contribution is 7.80. The van der Waals surface area contributed by atoms with Crippen molar-refractivity contribution >= 4 is 36.3 Å². The number of carbonyl (C=O) groups excluding carboxylic acids is 3. The van der Waals surface area contributed by atoms with Gasteiger partial charge in [-0.1, -0.05) is 34.1 Å². The standard InChI is InChI=1S/C17H32N4O5S/c1-5-10(4)14(21-13(22)7-18)16(24)19-11(6-9(2)3)15(23)20-12(8-27)17(25)26/h9-12,14,27H,5-8,18H2,1-4H3,(H,19,24)(H,20,23)(H,21,22)(H,25,26). The first-order valence-electron chi connectivity index (χ1n) is 9.01. The van der Waals surface area contributed by atoms with E-state index in [1.165, 1.54) is 0 Å². The van der Waals surface area contributed by atoms with Gasteiger partial charge < -0.3 is 26.8 Å². The number of hydrogen-bond donors (Lipinski definition) is 6. The second-order valence-electron chi connectivity index (χ2n) is 6.91. The lowest BCUT2D eigenvalue weighted by Gasteiger charge is -2.27. The van der Waals surface area contributed by atoms with Crippen molar-refractivity contribution in [1.29, 1.82) is 0 Å². The van der Waals surface area contributed by atoms with E-state index in [4.69, 9.17) is 10.8 Å². The number of aliphatic carboxylic acids is 1. The lowest BCUT2D eigenvalue weighted by atomic mass is 9.96.